The molecular weight excluding hydrogens is 432 g/mol. The average Bonchev–Trinajstić information content (AvgIpc) is 3.06. The molecule has 33 heavy (non-hydrogen) atoms. The number of aryl methyl sites for hydroxylation is 3. The molecule has 0 unspecified atom stereocenters. The Bertz CT molecular complexity index is 1210. The molecule has 0 aliphatic rings. The summed E-state index contributed by atoms with van der Waals surface area (Å²) in [5.74, 6) is 0.837. The predicted molar refractivity (Wildman–Crippen MR) is 139 cm³/mol. The number of hydrogen-bond donors (Lipinski definition) is 2. The monoisotopic (exact) mass is 468 g/mol. The third kappa shape index (κ3) is 5.89. The molecule has 3 aromatic rings. The maximum absolute atomic E-state index is 13.4. The van der Waals surface area contributed by atoms with Crippen LogP contribution in [0.5, 0.6) is 0 Å². The van der Waals surface area contributed by atoms with Gasteiger partial charge >= 0.3 is 0 Å². The van der Waals surface area contributed by atoms with Crippen molar-refractivity contribution in [2.24, 2.45) is 0 Å². The lowest BCUT2D eigenvalue weighted by atomic mass is 10.1. The van der Waals surface area contributed by atoms with Crippen molar-refractivity contribution in [3.8, 4) is 0 Å². The standard InChI is InChI=1S/C26H36N4O2S/c1-16(2)30-15-18(4)24-21(12-20(13-23(24)30)33-10-8-9-29(6)7)25(31)27-14-22-17(3)11-19(5)28-26(22)32/h11-13,15-16H,8-10,14H2,1-7H3,(H,27,31)(H,28,32). The van der Waals surface area contributed by atoms with Gasteiger partial charge in [-0.05, 0) is 96.8 Å². The van der Waals surface area contributed by atoms with Crippen molar-refractivity contribution in [2.45, 2.75) is 58.5 Å². The number of hydrogen-bond acceptors (Lipinski definition) is 4. The first kappa shape index (κ1) is 25.1. The smallest absolute Gasteiger partial charge is 0.253 e. The number of benzene rings is 1. The molecule has 7 heteroatoms. The Kier molecular flexibility index (Phi) is 8.08. The molecule has 2 aromatic heterocycles. The molecule has 0 spiro atoms. The lowest BCUT2D eigenvalue weighted by Gasteiger charge is -2.14. The number of H-pyrrole nitrogens is 1. The van der Waals surface area contributed by atoms with Crippen LogP contribution in [-0.2, 0) is 6.54 Å². The van der Waals surface area contributed by atoms with Gasteiger partial charge in [0.25, 0.3) is 11.5 Å². The van der Waals surface area contributed by atoms with E-state index in [0.717, 1.165) is 51.3 Å². The van der Waals surface area contributed by atoms with Crippen molar-refractivity contribution >= 4 is 28.6 Å². The highest BCUT2D eigenvalue weighted by atomic mass is 32.2. The van der Waals surface area contributed by atoms with E-state index in [1.807, 2.05) is 26.0 Å². The quantitative estimate of drug-likeness (QED) is 0.349. The van der Waals surface area contributed by atoms with Crippen LogP contribution < -0.4 is 10.9 Å². The van der Waals surface area contributed by atoms with Crippen LogP contribution in [0, 0.1) is 20.8 Å². The predicted octanol–water partition coefficient (Wildman–Crippen LogP) is 4.81. The number of fused-ring (bicyclic) bond motifs is 1. The van der Waals surface area contributed by atoms with Crippen molar-refractivity contribution in [3.05, 3.63) is 62.7 Å². The van der Waals surface area contributed by atoms with Crippen molar-refractivity contribution < 1.29 is 4.79 Å². The molecule has 0 bridgehead atoms. The van der Waals surface area contributed by atoms with Gasteiger partial charge in [-0.15, -0.1) is 11.8 Å². The Morgan fingerprint density at radius 2 is 1.88 bits per heavy atom. The summed E-state index contributed by atoms with van der Waals surface area (Å²) in [5, 5.41) is 3.98. The van der Waals surface area contributed by atoms with Gasteiger partial charge < -0.3 is 19.8 Å². The number of pyridine rings is 1. The van der Waals surface area contributed by atoms with Gasteiger partial charge in [-0.3, -0.25) is 9.59 Å². The molecule has 0 atom stereocenters. The Morgan fingerprint density at radius 3 is 2.52 bits per heavy atom. The number of aromatic nitrogens is 2. The number of carbonyl (C=O) groups is 1. The maximum atomic E-state index is 13.4. The summed E-state index contributed by atoms with van der Waals surface area (Å²) < 4.78 is 2.24. The van der Waals surface area contributed by atoms with E-state index in [1.54, 1.807) is 11.8 Å². The van der Waals surface area contributed by atoms with Gasteiger partial charge in [-0.1, -0.05) is 0 Å². The van der Waals surface area contributed by atoms with E-state index in [9.17, 15) is 9.59 Å². The van der Waals surface area contributed by atoms with Gasteiger partial charge in [0.2, 0.25) is 0 Å². The summed E-state index contributed by atoms with van der Waals surface area (Å²) in [7, 11) is 4.16. The van der Waals surface area contributed by atoms with Crippen LogP contribution >= 0.6 is 11.8 Å². The molecule has 178 valence electrons. The van der Waals surface area contributed by atoms with Crippen LogP contribution in [0.25, 0.3) is 10.9 Å². The van der Waals surface area contributed by atoms with Crippen molar-refractivity contribution in [1.82, 2.24) is 19.8 Å². The van der Waals surface area contributed by atoms with Crippen LogP contribution in [0.2, 0.25) is 0 Å². The highest BCUT2D eigenvalue weighted by Crippen LogP contribution is 2.32. The Labute approximate surface area is 200 Å². The number of nitrogens with zero attached hydrogens (tertiary/aromatic N) is 2. The van der Waals surface area contributed by atoms with Crippen LogP contribution in [-0.4, -0.2) is 46.8 Å². The van der Waals surface area contributed by atoms with Gasteiger partial charge in [-0.2, -0.15) is 0 Å². The molecule has 0 aliphatic heterocycles. The van der Waals surface area contributed by atoms with E-state index < -0.39 is 0 Å². The largest absolute Gasteiger partial charge is 0.348 e. The van der Waals surface area contributed by atoms with Gasteiger partial charge in [0.05, 0.1) is 11.1 Å². The zero-order valence-electron chi connectivity index (χ0n) is 20.8. The second kappa shape index (κ2) is 10.6. The molecule has 2 heterocycles. The first-order chi connectivity index (χ1) is 15.6. The van der Waals surface area contributed by atoms with E-state index in [1.165, 1.54) is 0 Å². The maximum Gasteiger partial charge on any atom is 0.253 e. The second-order valence-corrected chi connectivity index (χ2v) is 10.5. The molecule has 3 rings (SSSR count). The third-order valence-electron chi connectivity index (χ3n) is 5.84. The highest BCUT2D eigenvalue weighted by molar-refractivity contribution is 7.99. The third-order valence-corrected chi connectivity index (χ3v) is 6.90. The van der Waals surface area contributed by atoms with Gasteiger partial charge in [0.15, 0.2) is 0 Å². The van der Waals surface area contributed by atoms with E-state index in [-0.39, 0.29) is 18.0 Å². The Balaban J connectivity index is 1.94. The number of nitrogens with one attached hydrogen (secondary N) is 2. The molecular formula is C26H36N4O2S. The zero-order valence-corrected chi connectivity index (χ0v) is 21.7. The second-order valence-electron chi connectivity index (χ2n) is 9.31. The van der Waals surface area contributed by atoms with Gasteiger partial charge in [0.1, 0.15) is 0 Å². The Hall–Kier alpha value is -2.51. The number of rotatable bonds is 9. The lowest BCUT2D eigenvalue weighted by molar-refractivity contribution is 0.0952. The first-order valence-electron chi connectivity index (χ1n) is 11.5. The minimum absolute atomic E-state index is 0.148. The fraction of sp³-hybridized carbons (Fsp3) is 0.462. The highest BCUT2D eigenvalue weighted by Gasteiger charge is 2.19. The number of thioether (sulfide) groups is 1. The fourth-order valence-electron chi connectivity index (χ4n) is 4.19. The molecule has 1 aromatic carbocycles. The summed E-state index contributed by atoms with van der Waals surface area (Å²) in [6.07, 6.45) is 3.21. The van der Waals surface area contributed by atoms with E-state index in [2.05, 4.69) is 66.9 Å². The normalized spacial score (nSPS) is 11.7. The van der Waals surface area contributed by atoms with Gasteiger partial charge in [-0.25, -0.2) is 0 Å². The minimum Gasteiger partial charge on any atom is -0.348 e. The van der Waals surface area contributed by atoms with Crippen LogP contribution in [0.4, 0.5) is 0 Å². The number of aromatic amines is 1. The Morgan fingerprint density at radius 1 is 1.15 bits per heavy atom. The SMILES string of the molecule is Cc1cc(C)c(CNC(=O)c2cc(SCCCN(C)C)cc3c2c(C)cn3C(C)C)c(=O)[nH]1. The molecule has 1 amide bonds. The minimum atomic E-state index is -0.153. The topological polar surface area (TPSA) is 70.1 Å². The van der Waals surface area contributed by atoms with Gasteiger partial charge in [0, 0.05) is 40.3 Å². The molecule has 0 saturated carbocycles. The zero-order chi connectivity index (χ0) is 24.3. The summed E-state index contributed by atoms with van der Waals surface area (Å²) in [6, 6.07) is 6.43. The van der Waals surface area contributed by atoms with Crippen LogP contribution in [0.15, 0.2) is 34.1 Å². The molecule has 0 aliphatic carbocycles. The van der Waals surface area contributed by atoms with Crippen LogP contribution in [0.3, 0.4) is 0 Å². The van der Waals surface area contributed by atoms with Crippen LogP contribution in [0.1, 0.15) is 59.1 Å². The summed E-state index contributed by atoms with van der Waals surface area (Å²) in [4.78, 5) is 31.9. The first-order valence-corrected chi connectivity index (χ1v) is 12.5. The van der Waals surface area contributed by atoms with Crippen molar-refractivity contribution in [2.75, 3.05) is 26.4 Å². The molecule has 2 N–H and O–H groups in total. The average molecular weight is 469 g/mol. The summed E-state index contributed by atoms with van der Waals surface area (Å²) in [5.41, 5.74) is 4.97. The lowest BCUT2D eigenvalue weighted by Crippen LogP contribution is -2.28. The molecule has 0 radical (unpaired) electrons. The van der Waals surface area contributed by atoms with E-state index >= 15 is 0 Å². The van der Waals surface area contributed by atoms with E-state index in [0.29, 0.717) is 17.2 Å². The van der Waals surface area contributed by atoms with E-state index in [4.69, 9.17) is 0 Å². The summed E-state index contributed by atoms with van der Waals surface area (Å²) >= 11 is 1.78. The van der Waals surface area contributed by atoms with Crippen molar-refractivity contribution in [1.29, 1.82) is 0 Å². The number of carbonyl (C=O) groups excluding carboxylic acids is 1. The summed E-state index contributed by atoms with van der Waals surface area (Å²) in [6.45, 7) is 11.4. The molecule has 6 nitrogen and oxygen atoms in total. The fourth-order valence-corrected chi connectivity index (χ4v) is 5.09. The molecule has 0 fully saturated rings. The number of amides is 1. The van der Waals surface area contributed by atoms with Crippen molar-refractivity contribution in [3.63, 3.8) is 0 Å². The molecule has 0 saturated heterocycles.